The average molecular weight is 241 g/mol. The summed E-state index contributed by atoms with van der Waals surface area (Å²) in [5.74, 6) is 0. The molecule has 0 atom stereocenters. The van der Waals surface area contributed by atoms with Crippen molar-refractivity contribution in [1.82, 2.24) is 5.32 Å². The lowest BCUT2D eigenvalue weighted by Gasteiger charge is -2.34. The smallest absolute Gasteiger partial charge is 0.0448 e. The van der Waals surface area contributed by atoms with Crippen molar-refractivity contribution in [2.45, 2.75) is 82.6 Å². The monoisotopic (exact) mass is 241 g/mol. The van der Waals surface area contributed by atoms with Gasteiger partial charge < -0.3 is 10.4 Å². The highest BCUT2D eigenvalue weighted by Gasteiger charge is 2.26. The third-order valence-electron chi connectivity index (χ3n) is 4.43. The van der Waals surface area contributed by atoms with Gasteiger partial charge in [-0.25, -0.2) is 0 Å². The molecule has 102 valence electrons. The predicted octanol–water partition coefficient (Wildman–Crippen LogP) is 3.63. The van der Waals surface area contributed by atoms with Crippen LogP contribution in [-0.4, -0.2) is 24.3 Å². The van der Waals surface area contributed by atoms with E-state index in [1.165, 1.54) is 70.6 Å². The fourth-order valence-corrected chi connectivity index (χ4v) is 3.13. The van der Waals surface area contributed by atoms with Crippen LogP contribution in [0.4, 0.5) is 0 Å². The molecule has 2 N–H and O–H groups in total. The minimum absolute atomic E-state index is 0.216. The number of hydrogen-bond donors (Lipinski definition) is 2. The second-order valence-electron chi connectivity index (χ2n) is 5.69. The Balaban J connectivity index is 2.45. The van der Waals surface area contributed by atoms with E-state index < -0.39 is 0 Å². The molecular formula is C15H31NO. The summed E-state index contributed by atoms with van der Waals surface area (Å²) >= 11 is 0. The number of nitrogens with one attached hydrogen (secondary N) is 1. The van der Waals surface area contributed by atoms with Crippen molar-refractivity contribution in [3.05, 3.63) is 0 Å². The summed E-state index contributed by atoms with van der Waals surface area (Å²) in [7, 11) is 2.07. The molecule has 1 fully saturated rings. The van der Waals surface area contributed by atoms with E-state index in [1.807, 2.05) is 0 Å². The van der Waals surface area contributed by atoms with Crippen molar-refractivity contribution in [1.29, 1.82) is 0 Å². The first kappa shape index (κ1) is 15.0. The zero-order valence-corrected chi connectivity index (χ0v) is 11.6. The number of hydrogen-bond acceptors (Lipinski definition) is 2. The van der Waals surface area contributed by atoms with Gasteiger partial charge in [0, 0.05) is 12.1 Å². The zero-order valence-electron chi connectivity index (χ0n) is 11.6. The Hall–Kier alpha value is -0.0800. The molecule has 1 aliphatic carbocycles. The Labute approximate surface area is 107 Å². The molecule has 1 rings (SSSR count). The zero-order chi connectivity index (χ0) is 12.4. The molecule has 0 radical (unpaired) electrons. The molecule has 2 heteroatoms. The quantitative estimate of drug-likeness (QED) is 0.791. The van der Waals surface area contributed by atoms with E-state index in [1.54, 1.807) is 0 Å². The molecule has 0 aromatic heterocycles. The Bertz CT molecular complexity index is 170. The topological polar surface area (TPSA) is 32.3 Å². The summed E-state index contributed by atoms with van der Waals surface area (Å²) in [6.07, 6.45) is 15.9. The van der Waals surface area contributed by atoms with Crippen molar-refractivity contribution >= 4 is 0 Å². The minimum Gasteiger partial charge on any atom is -0.396 e. The van der Waals surface area contributed by atoms with E-state index in [2.05, 4.69) is 12.4 Å². The summed E-state index contributed by atoms with van der Waals surface area (Å²) in [6, 6.07) is 0. The molecule has 1 saturated carbocycles. The van der Waals surface area contributed by atoms with Crippen LogP contribution in [-0.2, 0) is 0 Å². The summed E-state index contributed by atoms with van der Waals surface area (Å²) in [5.41, 5.74) is 0.216. The lowest BCUT2D eigenvalue weighted by molar-refractivity contribution is 0.189. The molecule has 0 saturated heterocycles. The standard InChI is InChI=1S/C15H31NO/c1-16-15(13-14-17)11-9-7-5-3-2-4-6-8-10-12-15/h16-17H,2-14H2,1H3. The van der Waals surface area contributed by atoms with Gasteiger partial charge in [-0.3, -0.25) is 0 Å². The molecule has 1 aliphatic rings. The minimum atomic E-state index is 0.216. The van der Waals surface area contributed by atoms with E-state index in [0.29, 0.717) is 6.61 Å². The summed E-state index contributed by atoms with van der Waals surface area (Å²) in [4.78, 5) is 0. The predicted molar refractivity (Wildman–Crippen MR) is 74.3 cm³/mol. The normalized spacial score (nSPS) is 23.6. The van der Waals surface area contributed by atoms with Crippen LogP contribution in [0.1, 0.15) is 77.0 Å². The van der Waals surface area contributed by atoms with Crippen LogP contribution >= 0.6 is 0 Å². The highest BCUT2D eigenvalue weighted by atomic mass is 16.3. The van der Waals surface area contributed by atoms with Crippen molar-refractivity contribution in [2.75, 3.05) is 13.7 Å². The van der Waals surface area contributed by atoms with Crippen molar-refractivity contribution in [3.63, 3.8) is 0 Å². The second kappa shape index (κ2) is 8.93. The SMILES string of the molecule is CNC1(CCO)CCCCCCCCCCC1. The van der Waals surface area contributed by atoms with Gasteiger partial charge in [-0.05, 0) is 26.3 Å². The molecule has 0 aromatic carbocycles. The Morgan fingerprint density at radius 1 is 0.824 bits per heavy atom. The summed E-state index contributed by atoms with van der Waals surface area (Å²) < 4.78 is 0. The molecular weight excluding hydrogens is 210 g/mol. The fourth-order valence-electron chi connectivity index (χ4n) is 3.13. The Morgan fingerprint density at radius 2 is 1.24 bits per heavy atom. The van der Waals surface area contributed by atoms with Crippen molar-refractivity contribution in [2.24, 2.45) is 0 Å². The van der Waals surface area contributed by atoms with E-state index in [-0.39, 0.29) is 5.54 Å². The van der Waals surface area contributed by atoms with Crippen LogP contribution in [0.25, 0.3) is 0 Å². The second-order valence-corrected chi connectivity index (χ2v) is 5.69. The Morgan fingerprint density at radius 3 is 1.59 bits per heavy atom. The molecule has 0 bridgehead atoms. The molecule has 2 nitrogen and oxygen atoms in total. The van der Waals surface area contributed by atoms with Gasteiger partial charge in [-0.1, -0.05) is 57.8 Å². The Kier molecular flexibility index (Phi) is 7.87. The van der Waals surface area contributed by atoms with Gasteiger partial charge in [0.2, 0.25) is 0 Å². The summed E-state index contributed by atoms with van der Waals surface area (Å²) in [6.45, 7) is 0.320. The van der Waals surface area contributed by atoms with Gasteiger partial charge >= 0.3 is 0 Å². The van der Waals surface area contributed by atoms with Crippen LogP contribution in [0.5, 0.6) is 0 Å². The third-order valence-corrected chi connectivity index (χ3v) is 4.43. The van der Waals surface area contributed by atoms with Gasteiger partial charge in [0.25, 0.3) is 0 Å². The summed E-state index contributed by atoms with van der Waals surface area (Å²) in [5, 5.41) is 12.8. The molecule has 17 heavy (non-hydrogen) atoms. The van der Waals surface area contributed by atoms with Gasteiger partial charge in [-0.2, -0.15) is 0 Å². The first-order chi connectivity index (χ1) is 8.33. The molecule has 0 heterocycles. The van der Waals surface area contributed by atoms with Crippen LogP contribution in [0.2, 0.25) is 0 Å². The van der Waals surface area contributed by atoms with E-state index >= 15 is 0 Å². The molecule has 0 aliphatic heterocycles. The van der Waals surface area contributed by atoms with E-state index in [0.717, 1.165) is 6.42 Å². The molecule has 0 spiro atoms. The van der Waals surface area contributed by atoms with Gasteiger partial charge in [0.05, 0.1) is 0 Å². The van der Waals surface area contributed by atoms with Gasteiger partial charge in [0.15, 0.2) is 0 Å². The number of rotatable bonds is 3. The van der Waals surface area contributed by atoms with Gasteiger partial charge in [0.1, 0.15) is 0 Å². The maximum atomic E-state index is 9.26. The van der Waals surface area contributed by atoms with E-state index in [9.17, 15) is 5.11 Å². The van der Waals surface area contributed by atoms with Crippen LogP contribution < -0.4 is 5.32 Å². The highest BCUT2D eigenvalue weighted by molar-refractivity contribution is 4.86. The first-order valence-electron chi connectivity index (χ1n) is 7.63. The van der Waals surface area contributed by atoms with Crippen LogP contribution in [0.3, 0.4) is 0 Å². The van der Waals surface area contributed by atoms with Crippen molar-refractivity contribution < 1.29 is 5.11 Å². The van der Waals surface area contributed by atoms with Crippen LogP contribution in [0, 0.1) is 0 Å². The van der Waals surface area contributed by atoms with Crippen molar-refractivity contribution in [3.8, 4) is 0 Å². The lowest BCUT2D eigenvalue weighted by Crippen LogP contribution is -2.43. The first-order valence-corrected chi connectivity index (χ1v) is 7.63. The molecule has 0 aromatic rings. The highest BCUT2D eigenvalue weighted by Crippen LogP contribution is 2.27. The number of aliphatic hydroxyl groups is 1. The maximum Gasteiger partial charge on any atom is 0.0448 e. The lowest BCUT2D eigenvalue weighted by atomic mass is 9.83. The maximum absolute atomic E-state index is 9.26. The average Bonchev–Trinajstić information content (AvgIpc) is 2.33. The number of aliphatic hydroxyl groups excluding tert-OH is 1. The molecule has 0 unspecified atom stereocenters. The fraction of sp³-hybridized carbons (Fsp3) is 1.00. The molecule has 0 amide bonds. The van der Waals surface area contributed by atoms with Crippen LogP contribution in [0.15, 0.2) is 0 Å². The largest absolute Gasteiger partial charge is 0.396 e. The van der Waals surface area contributed by atoms with Gasteiger partial charge in [-0.15, -0.1) is 0 Å². The van der Waals surface area contributed by atoms with E-state index in [4.69, 9.17) is 0 Å². The third kappa shape index (κ3) is 5.87.